The molecular weight excluding hydrogens is 1450 g/mol. The Morgan fingerprint density at radius 1 is 0.523 bits per heavy atom. The van der Waals surface area contributed by atoms with Gasteiger partial charge in [-0.1, -0.05) is 173 Å². The summed E-state index contributed by atoms with van der Waals surface area (Å²) in [6.45, 7) is 16.7. The van der Waals surface area contributed by atoms with E-state index in [9.17, 15) is 59.4 Å². The second-order valence-corrected chi connectivity index (χ2v) is 39.5. The normalized spacial score (nSPS) is 40.5. The molecule has 0 bridgehead atoms. The van der Waals surface area contributed by atoms with Crippen molar-refractivity contribution in [2.45, 2.75) is 188 Å². The van der Waals surface area contributed by atoms with Crippen molar-refractivity contribution in [1.82, 2.24) is 24.9 Å². The lowest BCUT2D eigenvalue weighted by Crippen LogP contribution is -2.62. The number of thiazole rings is 1. The lowest BCUT2D eigenvalue weighted by Gasteiger charge is -2.60. The van der Waals surface area contributed by atoms with Crippen LogP contribution >= 0.6 is 46.6 Å². The highest BCUT2D eigenvalue weighted by Gasteiger charge is 2.73. The number of Topliss-reactive ketones (excluding diaryl/α,β-unsaturated/α-hetero) is 3. The molecule has 6 N–H and O–H groups in total. The molecule has 21 heteroatoms. The number of para-hydroxylation sites is 2. The first kappa shape index (κ1) is 76.5. The zero-order valence-electron chi connectivity index (χ0n) is 63.2. The van der Waals surface area contributed by atoms with Crippen LogP contribution in [0.3, 0.4) is 0 Å². The number of pyridine rings is 2. The number of aromatic nitrogens is 5. The van der Waals surface area contributed by atoms with Crippen LogP contribution < -0.4 is 0 Å². The van der Waals surface area contributed by atoms with Crippen LogP contribution in [-0.4, -0.2) is 143 Å². The van der Waals surface area contributed by atoms with Crippen molar-refractivity contribution < 1.29 is 59.4 Å². The lowest BCUT2D eigenvalue weighted by molar-refractivity contribution is -0.179. The van der Waals surface area contributed by atoms with Crippen LogP contribution in [0.25, 0.3) is 32.2 Å². The lowest BCUT2D eigenvalue weighted by atomic mass is 9.45. The Morgan fingerprint density at radius 3 is 1.69 bits per heavy atom. The molecule has 9 saturated carbocycles. The van der Waals surface area contributed by atoms with E-state index in [-0.39, 0.29) is 133 Å². The van der Waals surface area contributed by atoms with Gasteiger partial charge in [0, 0.05) is 68.0 Å². The molecule has 12 aliphatic rings. The summed E-state index contributed by atoms with van der Waals surface area (Å²) in [7, 11) is 0. The first-order valence-electron chi connectivity index (χ1n) is 39.1. The van der Waals surface area contributed by atoms with E-state index < -0.39 is 51.4 Å². The molecule has 23 atom stereocenters. The van der Waals surface area contributed by atoms with Gasteiger partial charge in [0.15, 0.2) is 39.0 Å². The van der Waals surface area contributed by atoms with Crippen LogP contribution in [0.1, 0.15) is 139 Å². The number of allylic oxidation sites excluding steroid dienone is 12. The third-order valence-corrected chi connectivity index (χ3v) is 34.3. The zero-order chi connectivity index (χ0) is 76.9. The van der Waals surface area contributed by atoms with Crippen LogP contribution in [0.2, 0.25) is 0 Å². The average molecular weight is 1550 g/mol. The van der Waals surface area contributed by atoms with E-state index in [0.29, 0.717) is 37.1 Å². The maximum absolute atomic E-state index is 13.9. The van der Waals surface area contributed by atoms with Crippen LogP contribution in [0.4, 0.5) is 0 Å². The number of rotatable bonds is 12. The summed E-state index contributed by atoms with van der Waals surface area (Å²) in [6, 6.07) is 21.3. The molecule has 0 aliphatic heterocycles. The van der Waals surface area contributed by atoms with Crippen molar-refractivity contribution in [3.8, 4) is 0 Å². The highest BCUT2D eigenvalue weighted by Crippen LogP contribution is 2.72. The molecule has 12 aliphatic carbocycles. The summed E-state index contributed by atoms with van der Waals surface area (Å²) in [4.78, 5) is 101. The Kier molecular flexibility index (Phi) is 19.6. The molecule has 17 nitrogen and oxygen atoms in total. The van der Waals surface area contributed by atoms with E-state index >= 15 is 0 Å². The highest BCUT2D eigenvalue weighted by molar-refractivity contribution is 8.01. The molecule has 0 amide bonds. The van der Waals surface area contributed by atoms with Crippen LogP contribution in [0.5, 0.6) is 0 Å². The van der Waals surface area contributed by atoms with Crippen molar-refractivity contribution in [2.24, 2.45) is 97.6 Å². The van der Waals surface area contributed by atoms with Gasteiger partial charge in [-0.15, -0.1) is 0 Å². The number of carbonyl (C=O) groups is 6. The fourth-order valence-electron chi connectivity index (χ4n) is 25.0. The molecule has 4 aromatic heterocycles. The van der Waals surface area contributed by atoms with E-state index in [1.807, 2.05) is 113 Å². The van der Waals surface area contributed by atoms with Crippen molar-refractivity contribution in [3.63, 3.8) is 0 Å². The van der Waals surface area contributed by atoms with Gasteiger partial charge >= 0.3 is 0 Å². The van der Waals surface area contributed by atoms with Crippen LogP contribution in [0.15, 0.2) is 171 Å². The van der Waals surface area contributed by atoms with Crippen molar-refractivity contribution in [2.75, 3.05) is 17.3 Å². The van der Waals surface area contributed by atoms with E-state index in [0.717, 1.165) is 110 Å². The van der Waals surface area contributed by atoms with E-state index in [1.54, 1.807) is 55.0 Å². The Balaban J connectivity index is 0.000000125. The second kappa shape index (κ2) is 28.0. The number of aliphatic hydroxyl groups is 6. The first-order valence-corrected chi connectivity index (χ1v) is 42.9. The van der Waals surface area contributed by atoms with Gasteiger partial charge in [-0.3, -0.25) is 33.8 Å². The van der Waals surface area contributed by atoms with Gasteiger partial charge in [-0.2, -0.15) is 0 Å². The maximum atomic E-state index is 13.9. The molecule has 15 unspecified atom stereocenters. The maximum Gasteiger partial charge on any atom is 0.178 e. The van der Waals surface area contributed by atoms with E-state index in [1.165, 1.54) is 46.6 Å². The number of fused-ring (bicyclic) bond motifs is 18. The van der Waals surface area contributed by atoms with Gasteiger partial charge < -0.3 is 30.6 Å². The SMILES string of the molecule is CC12C=CC(=O)C=C1CCC1C2[C@@H](O)CC2(C)C1CC[C@]2(O)C(=O)CSc1nc2cccnc2s1.C[C@@H]1CC2C3CCC4=CC(=O)C=CC4(C)C3[C@@H](O)CC2(C)[C@@]1(O)C(=O)CSc1nccc2ccccc12.C[C@H]1CC2C([C@@H](O)CC3(C)C2CC[C@]3(O)C(=O)CSc2cnc3ccccc3n2)C2(C)C=CC(=O)C=C12. The van der Waals surface area contributed by atoms with Crippen LogP contribution in [0, 0.1) is 97.6 Å². The minimum atomic E-state index is -1.50. The van der Waals surface area contributed by atoms with Gasteiger partial charge in [-0.25, -0.2) is 19.9 Å². The molecule has 0 radical (unpaired) electrons. The van der Waals surface area contributed by atoms with Gasteiger partial charge in [0.2, 0.25) is 0 Å². The van der Waals surface area contributed by atoms with Crippen molar-refractivity contribution in [3.05, 3.63) is 157 Å². The Hall–Kier alpha value is -6.50. The monoisotopic (exact) mass is 1550 g/mol. The third kappa shape index (κ3) is 12.1. The summed E-state index contributed by atoms with van der Waals surface area (Å²) >= 11 is 5.52. The predicted octanol–water partition coefficient (Wildman–Crippen LogP) is 14.1. The molecular formula is C88H99N5O12S4. The minimum absolute atomic E-state index is 0.00741. The third-order valence-electron chi connectivity index (χ3n) is 30.3. The molecule has 109 heavy (non-hydrogen) atoms. The second-order valence-electron chi connectivity index (χ2n) is 35.3. The van der Waals surface area contributed by atoms with Crippen molar-refractivity contribution >= 4 is 113 Å². The Bertz CT molecular complexity index is 4920. The number of nitrogens with zero attached hydrogens (tertiary/aromatic N) is 5. The molecule has 4 heterocycles. The molecule has 0 saturated heterocycles. The number of thioether (sulfide) groups is 3. The zero-order valence-corrected chi connectivity index (χ0v) is 66.4. The largest absolute Gasteiger partial charge is 0.393 e. The number of benzene rings is 2. The van der Waals surface area contributed by atoms with E-state index in [2.05, 4.69) is 52.6 Å². The van der Waals surface area contributed by atoms with E-state index in [4.69, 9.17) is 0 Å². The number of hydrogen-bond acceptors (Lipinski definition) is 21. The topological polar surface area (TPSA) is 288 Å². The molecule has 0 spiro atoms. The summed E-state index contributed by atoms with van der Waals surface area (Å²) in [5, 5.41) is 74.4. The molecule has 2 aromatic carbocycles. The number of aliphatic hydroxyl groups excluding tert-OH is 3. The van der Waals surface area contributed by atoms with Crippen LogP contribution in [-0.2, 0) is 28.8 Å². The smallest absolute Gasteiger partial charge is 0.178 e. The van der Waals surface area contributed by atoms with Gasteiger partial charge in [-0.05, 0) is 203 Å². The van der Waals surface area contributed by atoms with Gasteiger partial charge in [0.25, 0.3) is 0 Å². The molecule has 6 aromatic rings. The Labute approximate surface area is 653 Å². The Morgan fingerprint density at radius 2 is 1.06 bits per heavy atom. The number of carbonyl (C=O) groups excluding carboxylic acids is 6. The average Bonchev–Trinajstić information content (AvgIpc) is 1.62. The summed E-state index contributed by atoms with van der Waals surface area (Å²) in [6.07, 6.45) is 27.9. The first-order chi connectivity index (χ1) is 51.8. The minimum Gasteiger partial charge on any atom is -0.393 e. The summed E-state index contributed by atoms with van der Waals surface area (Å²) in [5.74, 6) is 0.874. The summed E-state index contributed by atoms with van der Waals surface area (Å²) < 4.78 is 0.775. The molecule has 572 valence electrons. The fourth-order valence-corrected chi connectivity index (χ4v) is 28.8. The predicted molar refractivity (Wildman–Crippen MR) is 424 cm³/mol. The standard InChI is InChI=1S/C31H35NO4S.C30H34N2O4S.C27H30N2O4S2/c1-18-14-24-23-9-8-20-15-21(33)10-12-29(20,2)27(23)25(34)16-30(24,3)31(18,36)26(35)17-37-28-22-7-5-4-6-19(22)11-13-32-28;1-17-12-19-20-9-11-30(36,25(35)16-37-26-15-31-22-6-4-5-7-23(22)32-26)29(20,3)14-24(34)27(19)28(2)10-8-18(33)13-21(17)28;1-25-9-7-16(30)12-15(25)5-6-17-18-8-10-27(33,26(18,2)13-20(31)22(17)25)21(32)14-34-24-29-19-4-3-11-28-23(19)35-24/h4-7,10-13,15,18,23-25,27,34,36H,8-9,14,16-17H2,1-3H3;4-8,10,13,15,17,19-20,24,27,34,36H,9,11-12,14,16H2,1-3H3;3-4,7,9,11-12,17-18,20,22,31,33H,5-6,8,10,13-14H2,1-2H3/t18-,23?,24?,25+,27?,29?,30?,31+;17-,19?,20?,24-,27?,28?,29?,30-;17?,18?,20-,22?,25?,26?,27-/m100/s1. The van der Waals surface area contributed by atoms with Gasteiger partial charge in [0.05, 0.1) is 52.8 Å². The molecule has 18 rings (SSSR count). The highest BCUT2D eigenvalue weighted by atomic mass is 32.2. The number of hydrogen-bond donors (Lipinski definition) is 6. The number of ketones is 6. The fraction of sp³-hybridized carbons (Fsp3) is 0.534. The summed E-state index contributed by atoms with van der Waals surface area (Å²) in [5.41, 5.74) is -1.89. The van der Waals surface area contributed by atoms with Crippen molar-refractivity contribution in [1.29, 1.82) is 0 Å². The van der Waals surface area contributed by atoms with Gasteiger partial charge in [0.1, 0.15) is 37.2 Å². The quantitative estimate of drug-likeness (QED) is 0.0621. The molecule has 9 fully saturated rings.